The Labute approximate surface area is 266 Å². The van der Waals surface area contributed by atoms with Crippen LogP contribution in [0.5, 0.6) is 0 Å². The third kappa shape index (κ3) is 36.2. The third-order valence-corrected chi connectivity index (χ3v) is 0. The van der Waals surface area contributed by atoms with Crippen molar-refractivity contribution in [3.05, 3.63) is 0 Å². The van der Waals surface area contributed by atoms with E-state index < -0.39 is 0 Å². The van der Waals surface area contributed by atoms with Crippen molar-refractivity contribution in [3.63, 3.8) is 0 Å². The van der Waals surface area contributed by atoms with Crippen molar-refractivity contribution in [2.75, 3.05) is 0 Å². The Kier molecular flexibility index (Phi) is 296. The van der Waals surface area contributed by atoms with Crippen LogP contribution in [-0.4, -0.2) is 71.7 Å². The summed E-state index contributed by atoms with van der Waals surface area (Å²) in [6.07, 6.45) is 0. The number of hydrogen-bond donors (Lipinski definition) is 0. The Bertz CT molecular complexity index is 7.64. The van der Waals surface area contributed by atoms with Crippen LogP contribution >= 0.6 is 0 Å². The zero-order valence-electron chi connectivity index (χ0n) is 4.00. The monoisotopic (exact) mass is 1070 g/mol. The predicted molar refractivity (Wildman–Crippen MR) is 17.3 cm³/mol. The zero-order chi connectivity index (χ0) is 0. The van der Waals surface area contributed by atoms with Crippen LogP contribution in [0, 0.1) is 204 Å². The molecule has 0 N–H and O–H groups in total. The minimum atomic E-state index is 0. The molecule has 12 radical (unpaired) electrons. The molecule has 0 aromatic rings. The van der Waals surface area contributed by atoms with Crippen molar-refractivity contribution in [2.24, 2.45) is 0 Å². The molecule has 0 amide bonds. The van der Waals surface area contributed by atoms with Crippen molar-refractivity contribution in [1.82, 2.24) is 0 Å². The van der Waals surface area contributed by atoms with Gasteiger partial charge >= 0.3 is 0 Å². The maximum atomic E-state index is 0. The average Bonchev–Trinajstić information content (AvgIpc) is 0. The molecule has 0 aliphatic heterocycles. The van der Waals surface area contributed by atoms with Gasteiger partial charge in [-0.15, -0.1) is 0 Å². The molecular weight excluding hydrogens is 1080 g/mol. The SMILES string of the molecule is [Nd].[Nd].[Nd].[Nd].[Nd].[Sn].[Sn].[Sn]. The Balaban J connectivity index is 0. The van der Waals surface area contributed by atoms with Gasteiger partial charge in [0.05, 0.1) is 0 Å². The minimum absolute atomic E-state index is 0. The molecule has 8 heavy (non-hydrogen) atoms. The van der Waals surface area contributed by atoms with E-state index in [0.29, 0.717) is 0 Å². The van der Waals surface area contributed by atoms with Crippen molar-refractivity contribution in [2.45, 2.75) is 0 Å². The molecular formula is Nd5Sn3. The fraction of sp³-hybridized carbons (Fsp3) is 0. The maximum Gasteiger partial charge on any atom is 0 e. The van der Waals surface area contributed by atoms with E-state index >= 15 is 0 Å². The van der Waals surface area contributed by atoms with Crippen molar-refractivity contribution < 1.29 is 204 Å². The summed E-state index contributed by atoms with van der Waals surface area (Å²) in [4.78, 5) is 0. The molecule has 0 heterocycles. The molecule has 0 nitrogen and oxygen atoms in total. The molecule has 0 saturated heterocycles. The molecule has 0 aromatic heterocycles. The van der Waals surface area contributed by atoms with Gasteiger partial charge in [0, 0.05) is 276 Å². The van der Waals surface area contributed by atoms with Gasteiger partial charge in [-0.05, 0) is 0 Å². The van der Waals surface area contributed by atoms with E-state index in [1.54, 1.807) is 0 Å². The first-order valence-corrected chi connectivity index (χ1v) is 0. The zero-order valence-corrected chi connectivity index (χ0v) is 28.6. The van der Waals surface area contributed by atoms with Crippen LogP contribution < -0.4 is 0 Å². The summed E-state index contributed by atoms with van der Waals surface area (Å²) in [6, 6.07) is 0. The summed E-state index contributed by atoms with van der Waals surface area (Å²) >= 11 is 0. The van der Waals surface area contributed by atoms with Crippen LogP contribution in [0.3, 0.4) is 0 Å². The Morgan fingerprint density at radius 2 is 0.250 bits per heavy atom. The molecule has 0 fully saturated rings. The molecule has 0 spiro atoms. The van der Waals surface area contributed by atoms with Crippen LogP contribution in [0.4, 0.5) is 0 Å². The second kappa shape index (κ2) is 44.3. The van der Waals surface area contributed by atoms with E-state index in [2.05, 4.69) is 0 Å². The van der Waals surface area contributed by atoms with Crippen LogP contribution in [0.1, 0.15) is 0 Å². The average molecular weight is 1080 g/mol. The summed E-state index contributed by atoms with van der Waals surface area (Å²) < 4.78 is 0. The molecule has 0 aromatic carbocycles. The van der Waals surface area contributed by atoms with E-state index in [4.69, 9.17) is 0 Å². The topological polar surface area (TPSA) is 0 Å². The first-order valence-electron chi connectivity index (χ1n) is 0. The van der Waals surface area contributed by atoms with Crippen molar-refractivity contribution >= 4 is 71.7 Å². The molecule has 0 saturated carbocycles. The molecule has 8 heteroatoms. The minimum Gasteiger partial charge on any atom is 0 e. The van der Waals surface area contributed by atoms with Gasteiger partial charge in [0.15, 0.2) is 0 Å². The molecule has 0 rings (SSSR count). The fourth-order valence-corrected chi connectivity index (χ4v) is 0. The van der Waals surface area contributed by atoms with Crippen LogP contribution in [0.15, 0.2) is 0 Å². The predicted octanol–water partition coefficient (Wildman–Crippen LogP) is -1.14. The van der Waals surface area contributed by atoms with E-state index in [0.717, 1.165) is 0 Å². The quantitative estimate of drug-likeness (QED) is 0.270. The van der Waals surface area contributed by atoms with Crippen molar-refractivity contribution in [3.8, 4) is 0 Å². The third-order valence-electron chi connectivity index (χ3n) is 0. The number of hydrogen-bond acceptors (Lipinski definition) is 0. The molecule has 0 atom stereocenters. The molecule has 32 valence electrons. The van der Waals surface area contributed by atoms with Crippen LogP contribution in [0.2, 0.25) is 0 Å². The maximum absolute atomic E-state index is 0. The van der Waals surface area contributed by atoms with Crippen LogP contribution in [-0.2, 0) is 0 Å². The second-order valence-electron chi connectivity index (χ2n) is 0. The first kappa shape index (κ1) is 53.4. The van der Waals surface area contributed by atoms with Crippen LogP contribution in [0.25, 0.3) is 0 Å². The standard InChI is InChI=1S/5Nd.3Sn. The molecule has 0 unspecified atom stereocenters. The van der Waals surface area contributed by atoms with Gasteiger partial charge in [-0.25, -0.2) is 0 Å². The van der Waals surface area contributed by atoms with E-state index in [-0.39, 0.29) is 276 Å². The van der Waals surface area contributed by atoms with Gasteiger partial charge < -0.3 is 0 Å². The van der Waals surface area contributed by atoms with Gasteiger partial charge in [0.1, 0.15) is 0 Å². The Morgan fingerprint density at radius 1 is 0.250 bits per heavy atom. The fourth-order valence-electron chi connectivity index (χ4n) is 0. The van der Waals surface area contributed by atoms with E-state index in [1.807, 2.05) is 0 Å². The van der Waals surface area contributed by atoms with Gasteiger partial charge in [0.2, 0.25) is 0 Å². The normalized spacial score (nSPS) is 0. The van der Waals surface area contributed by atoms with Crippen molar-refractivity contribution in [1.29, 1.82) is 0 Å². The Morgan fingerprint density at radius 3 is 0.250 bits per heavy atom. The van der Waals surface area contributed by atoms with Gasteiger partial charge in [-0.2, -0.15) is 0 Å². The van der Waals surface area contributed by atoms with Gasteiger partial charge in [-0.1, -0.05) is 0 Å². The Hall–Kier alpha value is 9.15. The summed E-state index contributed by atoms with van der Waals surface area (Å²) in [6.45, 7) is 0. The second-order valence-corrected chi connectivity index (χ2v) is 0. The molecule has 0 bridgehead atoms. The largest absolute Gasteiger partial charge is 0 e. The first-order chi connectivity index (χ1) is 0. The number of rotatable bonds is 0. The molecule has 0 aliphatic rings. The smallest absolute Gasteiger partial charge is 0 e. The molecule has 0 aliphatic carbocycles. The van der Waals surface area contributed by atoms with Gasteiger partial charge in [-0.3, -0.25) is 0 Å². The van der Waals surface area contributed by atoms with Gasteiger partial charge in [0.25, 0.3) is 0 Å². The summed E-state index contributed by atoms with van der Waals surface area (Å²) in [5, 5.41) is 0. The summed E-state index contributed by atoms with van der Waals surface area (Å²) in [5.74, 6) is 0. The summed E-state index contributed by atoms with van der Waals surface area (Å²) in [5.41, 5.74) is 0. The van der Waals surface area contributed by atoms with E-state index in [9.17, 15) is 0 Å². The summed E-state index contributed by atoms with van der Waals surface area (Å²) in [7, 11) is 0. The van der Waals surface area contributed by atoms with E-state index in [1.165, 1.54) is 0 Å².